The Balaban J connectivity index is 1.14. The van der Waals surface area contributed by atoms with Gasteiger partial charge >= 0.3 is 0 Å². The van der Waals surface area contributed by atoms with Crippen LogP contribution in [0.4, 0.5) is 0 Å². The smallest absolute Gasteiger partial charge is 0.273 e. The zero-order chi connectivity index (χ0) is 37.4. The molecule has 1 amide bonds. The van der Waals surface area contributed by atoms with E-state index >= 15 is 0 Å². The first-order chi connectivity index (χ1) is 26.1. The van der Waals surface area contributed by atoms with Crippen LogP contribution < -0.4 is 5.32 Å². The lowest BCUT2D eigenvalue weighted by Crippen LogP contribution is -2.32. The molecule has 8 rings (SSSR count). The topological polar surface area (TPSA) is 232 Å². The number of hydrogen-bond donors (Lipinski definition) is 2. The zero-order valence-electron chi connectivity index (χ0n) is 29.2. The number of carbonyl (C=O) groups is 2. The van der Waals surface area contributed by atoms with E-state index < -0.39 is 37.8 Å². The van der Waals surface area contributed by atoms with E-state index in [1.807, 2.05) is 30.3 Å². The van der Waals surface area contributed by atoms with E-state index in [1.165, 1.54) is 37.6 Å². The van der Waals surface area contributed by atoms with Crippen LogP contribution in [0.25, 0.3) is 46.3 Å². The van der Waals surface area contributed by atoms with Crippen LogP contribution in [0, 0.1) is 0 Å². The predicted octanol–water partition coefficient (Wildman–Crippen LogP) is 6.34. The minimum atomic E-state index is -1.81. The fourth-order valence-corrected chi connectivity index (χ4v) is 7.37. The molecule has 276 valence electrons. The van der Waals surface area contributed by atoms with Crippen LogP contribution in [0.1, 0.15) is 56.7 Å². The number of benzene rings is 1. The Bertz CT molecular complexity index is 2400. The van der Waals surface area contributed by atoms with Gasteiger partial charge in [-0.25, -0.2) is 29.9 Å². The molecule has 3 atom stereocenters. The lowest BCUT2D eigenvalue weighted by atomic mass is 9.96. The number of Topliss-reactive ketones (excluding diaryl/α,β-unsaturated/α-hetero) is 1. The average molecular weight is 752 g/mol. The highest BCUT2D eigenvalue weighted by molar-refractivity contribution is 6.76. The molecule has 7 aromatic rings. The fourth-order valence-electron chi connectivity index (χ4n) is 5.83. The highest BCUT2D eigenvalue weighted by Crippen LogP contribution is 2.33. The molecule has 17 nitrogen and oxygen atoms in total. The molecule has 0 aliphatic carbocycles. The van der Waals surface area contributed by atoms with Gasteiger partial charge in [-0.05, 0) is 11.6 Å². The number of hydrogen-bond acceptors (Lipinski definition) is 16. The van der Waals surface area contributed by atoms with Crippen molar-refractivity contribution < 1.29 is 45.9 Å². The van der Waals surface area contributed by atoms with Crippen LogP contribution in [-0.2, 0) is 11.3 Å². The zero-order valence-corrected chi connectivity index (χ0v) is 30.2. The quantitative estimate of drug-likeness (QED) is 0.169. The molecule has 2 N–H and O–H groups in total. The van der Waals surface area contributed by atoms with Crippen molar-refractivity contribution in [2.45, 2.75) is 56.8 Å². The van der Waals surface area contributed by atoms with Crippen molar-refractivity contribution in [1.29, 1.82) is 0 Å². The second-order valence-electron chi connectivity index (χ2n) is 13.9. The maximum Gasteiger partial charge on any atom is 0.273 e. The van der Waals surface area contributed by atoms with Gasteiger partial charge in [0.25, 0.3) is 5.91 Å². The number of amides is 1. The van der Waals surface area contributed by atoms with Gasteiger partial charge in [-0.15, -0.1) is 0 Å². The number of ketones is 1. The number of nitrogens with zero attached hydrogens (tertiary/aromatic N) is 6. The standard InChI is InChI=1S/C36H33N7O10Si/c1-54(2,3)18-29(45)20-9-28(44)21-12-49-33(38-21)25-15-53-36(42-25)27-17-51-32(41-27)23(11-47-10-19-7-5-4-6-8-19)37-30(46)22-13-50-34(39-22)26-16-52-35(43-26)24-14-48-31(20)40-24/h4-8,12-17,20,23,29,45H,9-11,18H2,1-3H3,(H,37,46). The van der Waals surface area contributed by atoms with E-state index in [2.05, 4.69) is 54.9 Å². The summed E-state index contributed by atoms with van der Waals surface area (Å²) in [5.41, 5.74) is 1.69. The van der Waals surface area contributed by atoms with E-state index in [0.717, 1.165) is 5.56 Å². The number of aromatic nitrogens is 6. The molecule has 1 aliphatic rings. The molecule has 12 bridgehead atoms. The second kappa shape index (κ2) is 14.3. The van der Waals surface area contributed by atoms with Crippen LogP contribution in [0.5, 0.6) is 0 Å². The summed E-state index contributed by atoms with van der Waals surface area (Å²) in [5, 5.41) is 14.2. The van der Waals surface area contributed by atoms with Gasteiger partial charge in [0.1, 0.15) is 49.3 Å². The van der Waals surface area contributed by atoms with Gasteiger partial charge in [0, 0.05) is 14.5 Å². The lowest BCUT2D eigenvalue weighted by molar-refractivity contribution is 0.0751. The molecule has 1 aliphatic heterocycles. The van der Waals surface area contributed by atoms with Gasteiger partial charge in [0.05, 0.1) is 25.2 Å². The Hall–Kier alpha value is -6.24. The Kier molecular flexibility index (Phi) is 9.22. The molecule has 0 saturated heterocycles. The SMILES string of the molecule is C[Si](C)(C)CC(O)C1CC(=O)c2coc(n2)-c2coc(n2)-c2coc(n2)C(COCc2ccccc2)NC(=O)c2coc(n2)-c2coc(n2)-c2coc1n2. The Morgan fingerprint density at radius 1 is 0.704 bits per heavy atom. The summed E-state index contributed by atoms with van der Waals surface area (Å²) >= 11 is 0. The van der Waals surface area contributed by atoms with E-state index in [1.54, 1.807) is 0 Å². The van der Waals surface area contributed by atoms with Crippen molar-refractivity contribution in [3.8, 4) is 46.3 Å². The van der Waals surface area contributed by atoms with E-state index in [0.29, 0.717) is 6.04 Å². The highest BCUT2D eigenvalue weighted by Gasteiger charge is 2.34. The second-order valence-corrected chi connectivity index (χ2v) is 19.4. The van der Waals surface area contributed by atoms with Gasteiger partial charge in [-0.2, -0.15) is 0 Å². The number of aliphatic hydroxyl groups is 1. The average Bonchev–Trinajstić information content (AvgIpc) is 3.99. The molecule has 0 spiro atoms. The summed E-state index contributed by atoms with van der Waals surface area (Å²) in [4.78, 5) is 53.7. The van der Waals surface area contributed by atoms with Crippen LogP contribution >= 0.6 is 0 Å². The Labute approximate surface area is 306 Å². The maximum atomic E-state index is 13.6. The molecule has 0 fully saturated rings. The van der Waals surface area contributed by atoms with E-state index in [9.17, 15) is 14.7 Å². The number of ether oxygens (including phenoxy) is 1. The lowest BCUT2D eigenvalue weighted by Gasteiger charge is -2.25. The van der Waals surface area contributed by atoms with Crippen molar-refractivity contribution >= 4 is 19.8 Å². The number of fused-ring (bicyclic) bond motifs is 16. The van der Waals surface area contributed by atoms with Crippen LogP contribution in [0.3, 0.4) is 0 Å². The largest absolute Gasteiger partial charge is 0.448 e. The minimum Gasteiger partial charge on any atom is -0.448 e. The number of rotatable bonds is 7. The molecule has 3 unspecified atom stereocenters. The molecular formula is C36H33N7O10Si. The summed E-state index contributed by atoms with van der Waals surface area (Å²) < 4.78 is 40.1. The molecule has 54 heavy (non-hydrogen) atoms. The first-order valence-corrected chi connectivity index (χ1v) is 20.7. The fraction of sp³-hybridized carbons (Fsp3) is 0.278. The van der Waals surface area contributed by atoms with Crippen molar-refractivity contribution in [2.24, 2.45) is 0 Å². The minimum absolute atomic E-state index is 0.00400. The van der Waals surface area contributed by atoms with Gasteiger partial charge in [0.2, 0.25) is 35.3 Å². The van der Waals surface area contributed by atoms with Crippen molar-refractivity contribution in [3.63, 3.8) is 0 Å². The third kappa shape index (κ3) is 7.47. The summed E-state index contributed by atoms with van der Waals surface area (Å²) in [6.07, 6.45) is 6.51. The van der Waals surface area contributed by atoms with Crippen molar-refractivity contribution in [1.82, 2.24) is 35.2 Å². The summed E-state index contributed by atoms with van der Waals surface area (Å²) in [6, 6.07) is 9.13. The molecule has 6 aromatic heterocycles. The molecular weight excluding hydrogens is 719 g/mol. The molecule has 18 heteroatoms. The molecule has 0 saturated carbocycles. The van der Waals surface area contributed by atoms with Crippen LogP contribution in [0.2, 0.25) is 25.7 Å². The number of nitrogens with one attached hydrogen (secondary N) is 1. The monoisotopic (exact) mass is 751 g/mol. The first-order valence-electron chi connectivity index (χ1n) is 16.9. The van der Waals surface area contributed by atoms with Crippen LogP contribution in [0.15, 0.2) is 94.4 Å². The summed E-state index contributed by atoms with van der Waals surface area (Å²) in [6.45, 7) is 6.58. The van der Waals surface area contributed by atoms with Gasteiger partial charge < -0.3 is 41.7 Å². The third-order valence-electron chi connectivity index (χ3n) is 8.46. The van der Waals surface area contributed by atoms with Crippen molar-refractivity contribution in [2.75, 3.05) is 6.61 Å². The number of aliphatic hydroxyl groups excluding tert-OH is 1. The van der Waals surface area contributed by atoms with Crippen molar-refractivity contribution in [3.05, 3.63) is 96.6 Å². The highest BCUT2D eigenvalue weighted by atomic mass is 28.3. The molecule has 7 heterocycles. The maximum absolute atomic E-state index is 13.6. The normalized spacial score (nSPS) is 16.9. The van der Waals surface area contributed by atoms with E-state index in [-0.39, 0.29) is 89.1 Å². The van der Waals surface area contributed by atoms with Gasteiger partial charge in [0.15, 0.2) is 34.3 Å². The predicted molar refractivity (Wildman–Crippen MR) is 187 cm³/mol. The summed E-state index contributed by atoms with van der Waals surface area (Å²) in [7, 11) is -1.81. The molecule has 0 radical (unpaired) electrons. The van der Waals surface area contributed by atoms with Crippen LogP contribution in [-0.4, -0.2) is 67.5 Å². The van der Waals surface area contributed by atoms with Gasteiger partial charge in [-0.3, -0.25) is 9.59 Å². The van der Waals surface area contributed by atoms with Gasteiger partial charge in [-0.1, -0.05) is 50.0 Å². The first kappa shape index (κ1) is 34.8. The summed E-state index contributed by atoms with van der Waals surface area (Å²) in [5.74, 6) is -1.46. The third-order valence-corrected chi connectivity index (χ3v) is 10.1. The Morgan fingerprint density at radius 2 is 1.20 bits per heavy atom. The molecule has 1 aromatic carbocycles. The van der Waals surface area contributed by atoms with E-state index in [4.69, 9.17) is 31.2 Å². The Morgan fingerprint density at radius 3 is 1.83 bits per heavy atom. The number of oxazole rings is 6. The number of carbonyl (C=O) groups excluding carboxylic acids is 2.